The molecule has 0 saturated carbocycles. The molecule has 1 N–H and O–H groups in total. The SMILES string of the molecule is CCOC(=O)N[C@@H]1CCCN(C(=O)[C@@H](Cc2cccc(F)c2)n2nnnc2C)C1. The summed E-state index contributed by atoms with van der Waals surface area (Å²) in [6, 6.07) is 5.26. The van der Waals surface area contributed by atoms with E-state index in [-0.39, 0.29) is 30.8 Å². The Morgan fingerprint density at radius 3 is 2.93 bits per heavy atom. The fourth-order valence-corrected chi connectivity index (χ4v) is 3.54. The van der Waals surface area contributed by atoms with Crippen LogP contribution in [-0.2, 0) is 16.0 Å². The first-order valence-corrected chi connectivity index (χ1v) is 9.69. The van der Waals surface area contributed by atoms with Crippen molar-refractivity contribution in [3.63, 3.8) is 0 Å². The lowest BCUT2D eigenvalue weighted by atomic mass is 10.0. The third-order valence-electron chi connectivity index (χ3n) is 4.89. The number of ether oxygens (including phenoxy) is 1. The van der Waals surface area contributed by atoms with Crippen LogP contribution in [0.3, 0.4) is 0 Å². The summed E-state index contributed by atoms with van der Waals surface area (Å²) < 4.78 is 20.0. The molecule has 0 bridgehead atoms. The van der Waals surface area contributed by atoms with E-state index in [4.69, 9.17) is 4.74 Å². The minimum Gasteiger partial charge on any atom is -0.450 e. The predicted octanol–water partition coefficient (Wildman–Crippen LogP) is 1.64. The van der Waals surface area contributed by atoms with Gasteiger partial charge in [0.1, 0.15) is 17.7 Å². The Morgan fingerprint density at radius 1 is 1.41 bits per heavy atom. The summed E-state index contributed by atoms with van der Waals surface area (Å²) in [7, 11) is 0. The average Bonchev–Trinajstić information content (AvgIpc) is 3.11. The van der Waals surface area contributed by atoms with Gasteiger partial charge in [-0.05, 0) is 54.8 Å². The summed E-state index contributed by atoms with van der Waals surface area (Å²) in [6.45, 7) is 4.68. The van der Waals surface area contributed by atoms with E-state index in [0.717, 1.165) is 12.8 Å². The fourth-order valence-electron chi connectivity index (χ4n) is 3.54. The lowest BCUT2D eigenvalue weighted by Gasteiger charge is -2.35. The van der Waals surface area contributed by atoms with Crippen molar-refractivity contribution in [1.82, 2.24) is 30.4 Å². The highest BCUT2D eigenvalue weighted by atomic mass is 19.1. The summed E-state index contributed by atoms with van der Waals surface area (Å²) in [5, 5.41) is 14.3. The molecule has 0 spiro atoms. The minimum atomic E-state index is -0.701. The molecular weight excluding hydrogens is 379 g/mol. The number of aromatic nitrogens is 4. The number of likely N-dealkylation sites (tertiary alicyclic amines) is 1. The van der Waals surface area contributed by atoms with Crippen LogP contribution in [0.25, 0.3) is 0 Å². The van der Waals surface area contributed by atoms with Gasteiger partial charge in [-0.3, -0.25) is 4.79 Å². The third kappa shape index (κ3) is 5.27. The summed E-state index contributed by atoms with van der Waals surface area (Å²) in [4.78, 5) is 26.8. The fraction of sp³-hybridized carbons (Fsp3) is 0.526. The van der Waals surface area contributed by atoms with Crippen molar-refractivity contribution in [2.24, 2.45) is 0 Å². The van der Waals surface area contributed by atoms with E-state index in [1.54, 1.807) is 30.9 Å². The molecule has 2 atom stereocenters. The van der Waals surface area contributed by atoms with E-state index in [1.807, 2.05) is 0 Å². The van der Waals surface area contributed by atoms with Crippen molar-refractivity contribution < 1.29 is 18.7 Å². The van der Waals surface area contributed by atoms with Crippen molar-refractivity contribution in [1.29, 1.82) is 0 Å². The highest BCUT2D eigenvalue weighted by Crippen LogP contribution is 2.21. The van der Waals surface area contributed by atoms with Gasteiger partial charge in [0, 0.05) is 25.6 Å². The van der Waals surface area contributed by atoms with E-state index in [1.165, 1.54) is 16.8 Å². The second kappa shape index (κ2) is 9.44. The number of hydrogen-bond donors (Lipinski definition) is 1. The normalized spacial score (nSPS) is 17.6. The maximum Gasteiger partial charge on any atom is 0.407 e. The molecule has 9 nitrogen and oxygen atoms in total. The van der Waals surface area contributed by atoms with Gasteiger partial charge < -0.3 is 15.0 Å². The zero-order valence-electron chi connectivity index (χ0n) is 16.5. The van der Waals surface area contributed by atoms with Gasteiger partial charge >= 0.3 is 6.09 Å². The van der Waals surface area contributed by atoms with Crippen LogP contribution >= 0.6 is 0 Å². The standard InChI is InChI=1S/C19H25FN6O3/c1-3-29-19(28)21-16-8-5-9-25(12-16)18(27)17(26-13(2)22-23-24-26)11-14-6-4-7-15(20)10-14/h4,6-7,10,16-17H,3,5,8-9,11-12H2,1-2H3,(H,21,28)/t16-,17-/m1/s1. The molecule has 1 aliphatic heterocycles. The summed E-state index contributed by atoms with van der Waals surface area (Å²) in [5.74, 6) is -0.0307. The lowest BCUT2D eigenvalue weighted by molar-refractivity contribution is -0.136. The predicted molar refractivity (Wildman–Crippen MR) is 101 cm³/mol. The first kappa shape index (κ1) is 20.7. The molecular formula is C19H25FN6O3. The second-order valence-electron chi connectivity index (χ2n) is 7.01. The number of nitrogens with one attached hydrogen (secondary N) is 1. The number of benzene rings is 1. The molecule has 3 rings (SSSR count). The highest BCUT2D eigenvalue weighted by molar-refractivity contribution is 5.81. The molecule has 0 radical (unpaired) electrons. The molecule has 0 unspecified atom stereocenters. The van der Waals surface area contributed by atoms with Gasteiger partial charge in [0.25, 0.3) is 0 Å². The first-order valence-electron chi connectivity index (χ1n) is 9.69. The number of aryl methyl sites for hydroxylation is 1. The van der Waals surface area contributed by atoms with E-state index in [9.17, 15) is 14.0 Å². The number of rotatable bonds is 6. The number of amides is 2. The van der Waals surface area contributed by atoms with Gasteiger partial charge in [-0.25, -0.2) is 13.9 Å². The number of hydrogen-bond acceptors (Lipinski definition) is 6. The van der Waals surface area contributed by atoms with Crippen molar-refractivity contribution in [2.75, 3.05) is 19.7 Å². The quantitative estimate of drug-likeness (QED) is 0.785. The zero-order valence-corrected chi connectivity index (χ0v) is 16.5. The Labute approximate surface area is 168 Å². The van der Waals surface area contributed by atoms with Crippen LogP contribution in [-0.4, -0.2) is 62.8 Å². The highest BCUT2D eigenvalue weighted by Gasteiger charge is 2.32. The summed E-state index contributed by atoms with van der Waals surface area (Å²) in [6.07, 6.45) is 1.29. The molecule has 29 heavy (non-hydrogen) atoms. The maximum absolute atomic E-state index is 13.6. The molecule has 2 aromatic rings. The molecule has 0 aliphatic carbocycles. The van der Waals surface area contributed by atoms with Crippen molar-refractivity contribution in [3.8, 4) is 0 Å². The number of carbonyl (C=O) groups is 2. The van der Waals surface area contributed by atoms with Gasteiger partial charge in [0.2, 0.25) is 5.91 Å². The molecule has 2 heterocycles. The van der Waals surface area contributed by atoms with E-state index in [2.05, 4.69) is 20.8 Å². The average molecular weight is 404 g/mol. The Hall–Kier alpha value is -3.04. The number of halogens is 1. The van der Waals surface area contributed by atoms with Gasteiger partial charge in [-0.1, -0.05) is 12.1 Å². The second-order valence-corrected chi connectivity index (χ2v) is 7.01. The molecule has 1 aliphatic rings. The van der Waals surface area contributed by atoms with E-state index in [0.29, 0.717) is 24.5 Å². The first-order chi connectivity index (χ1) is 14.0. The minimum absolute atomic E-state index is 0.167. The number of nitrogens with zero attached hydrogens (tertiary/aromatic N) is 5. The Balaban J connectivity index is 1.77. The van der Waals surface area contributed by atoms with Crippen molar-refractivity contribution >= 4 is 12.0 Å². The molecule has 2 amide bonds. The van der Waals surface area contributed by atoms with Gasteiger partial charge in [0.05, 0.1) is 6.61 Å². The maximum atomic E-state index is 13.6. The van der Waals surface area contributed by atoms with Crippen LogP contribution in [0.2, 0.25) is 0 Å². The zero-order chi connectivity index (χ0) is 20.8. The smallest absolute Gasteiger partial charge is 0.407 e. The lowest BCUT2D eigenvalue weighted by Crippen LogP contribution is -2.51. The Kier molecular flexibility index (Phi) is 6.73. The summed E-state index contributed by atoms with van der Waals surface area (Å²) >= 11 is 0. The van der Waals surface area contributed by atoms with Crippen LogP contribution in [0.5, 0.6) is 0 Å². The van der Waals surface area contributed by atoms with Crippen LogP contribution in [0.1, 0.15) is 37.2 Å². The third-order valence-corrected chi connectivity index (χ3v) is 4.89. The van der Waals surface area contributed by atoms with Crippen molar-refractivity contribution in [3.05, 3.63) is 41.5 Å². The van der Waals surface area contributed by atoms with Crippen LogP contribution < -0.4 is 5.32 Å². The molecule has 1 fully saturated rings. The number of tetrazole rings is 1. The Morgan fingerprint density at radius 2 is 2.24 bits per heavy atom. The van der Waals surface area contributed by atoms with Crippen molar-refractivity contribution in [2.45, 2.75) is 45.2 Å². The molecule has 1 saturated heterocycles. The van der Waals surface area contributed by atoms with Crippen LogP contribution in [0, 0.1) is 12.7 Å². The van der Waals surface area contributed by atoms with Gasteiger partial charge in [-0.15, -0.1) is 5.10 Å². The molecule has 1 aromatic carbocycles. The van der Waals surface area contributed by atoms with E-state index < -0.39 is 12.1 Å². The molecule has 1 aromatic heterocycles. The number of alkyl carbamates (subject to hydrolysis) is 1. The summed E-state index contributed by atoms with van der Waals surface area (Å²) in [5.41, 5.74) is 0.677. The number of carbonyl (C=O) groups excluding carboxylic acids is 2. The van der Waals surface area contributed by atoms with Crippen LogP contribution in [0.4, 0.5) is 9.18 Å². The van der Waals surface area contributed by atoms with Gasteiger partial charge in [0.15, 0.2) is 0 Å². The monoisotopic (exact) mass is 404 g/mol. The molecule has 156 valence electrons. The molecule has 10 heteroatoms. The largest absolute Gasteiger partial charge is 0.450 e. The number of piperidine rings is 1. The van der Waals surface area contributed by atoms with E-state index >= 15 is 0 Å². The van der Waals surface area contributed by atoms with Crippen LogP contribution in [0.15, 0.2) is 24.3 Å². The topological polar surface area (TPSA) is 102 Å². The van der Waals surface area contributed by atoms with Gasteiger partial charge in [-0.2, -0.15) is 0 Å². The Bertz CT molecular complexity index is 858.